The maximum atomic E-state index is 12.0. The summed E-state index contributed by atoms with van der Waals surface area (Å²) in [5.74, 6) is -0.0603. The monoisotopic (exact) mass is 276 g/mol. The molecule has 0 aliphatic carbocycles. The molecular weight excluding hydrogens is 256 g/mol. The van der Waals surface area contributed by atoms with Crippen molar-refractivity contribution in [3.05, 3.63) is 24.3 Å². The van der Waals surface area contributed by atoms with E-state index in [-0.39, 0.29) is 18.4 Å². The van der Waals surface area contributed by atoms with Crippen LogP contribution in [0, 0.1) is 0 Å². The van der Waals surface area contributed by atoms with E-state index < -0.39 is 0 Å². The molecule has 2 rings (SSSR count). The Kier molecular flexibility index (Phi) is 4.57. The Bertz CT molecular complexity index is 486. The van der Waals surface area contributed by atoms with Crippen LogP contribution in [0.5, 0.6) is 0 Å². The summed E-state index contributed by atoms with van der Waals surface area (Å²) in [6.07, 6.45) is 0.886. The SMILES string of the molecule is CN1CCCN(CC(=O)Nc2ccc(N)cc2)CC1=O. The average Bonchev–Trinajstić information content (AvgIpc) is 2.55. The summed E-state index contributed by atoms with van der Waals surface area (Å²) in [6, 6.07) is 6.99. The van der Waals surface area contributed by atoms with Crippen molar-refractivity contribution >= 4 is 23.2 Å². The van der Waals surface area contributed by atoms with Gasteiger partial charge in [-0.05, 0) is 30.7 Å². The molecular formula is C14H20N4O2. The highest BCUT2D eigenvalue weighted by Gasteiger charge is 2.20. The standard InChI is InChI=1S/C14H20N4O2/c1-17-7-2-8-18(10-14(17)20)9-13(19)16-12-5-3-11(15)4-6-12/h3-6H,2,7-10,15H2,1H3,(H,16,19). The molecule has 0 unspecified atom stereocenters. The average molecular weight is 276 g/mol. The number of hydrogen-bond acceptors (Lipinski definition) is 4. The zero-order chi connectivity index (χ0) is 14.5. The minimum atomic E-state index is -0.118. The van der Waals surface area contributed by atoms with Crippen molar-refractivity contribution in [2.24, 2.45) is 0 Å². The first-order valence-corrected chi connectivity index (χ1v) is 6.66. The van der Waals surface area contributed by atoms with E-state index in [1.165, 1.54) is 0 Å². The Morgan fingerprint density at radius 1 is 1.30 bits per heavy atom. The van der Waals surface area contributed by atoms with Gasteiger partial charge in [-0.15, -0.1) is 0 Å². The van der Waals surface area contributed by atoms with Crippen LogP contribution in [0.15, 0.2) is 24.3 Å². The number of nitrogens with one attached hydrogen (secondary N) is 1. The molecule has 1 heterocycles. The fourth-order valence-corrected chi connectivity index (χ4v) is 2.15. The van der Waals surface area contributed by atoms with Gasteiger partial charge >= 0.3 is 0 Å². The minimum absolute atomic E-state index is 0.0581. The summed E-state index contributed by atoms with van der Waals surface area (Å²) < 4.78 is 0. The third kappa shape index (κ3) is 3.96. The van der Waals surface area contributed by atoms with Crippen molar-refractivity contribution in [2.75, 3.05) is 44.3 Å². The molecule has 6 heteroatoms. The van der Waals surface area contributed by atoms with Crippen LogP contribution in [0.3, 0.4) is 0 Å². The van der Waals surface area contributed by atoms with Gasteiger partial charge < -0.3 is 16.0 Å². The van der Waals surface area contributed by atoms with Crippen molar-refractivity contribution in [2.45, 2.75) is 6.42 Å². The normalized spacial score (nSPS) is 16.9. The number of carbonyl (C=O) groups excluding carboxylic acids is 2. The minimum Gasteiger partial charge on any atom is -0.399 e. The third-order valence-electron chi connectivity index (χ3n) is 3.31. The summed E-state index contributed by atoms with van der Waals surface area (Å²) in [5, 5.41) is 2.80. The molecule has 1 aromatic rings. The number of rotatable bonds is 3. The Morgan fingerprint density at radius 3 is 2.70 bits per heavy atom. The molecule has 0 atom stereocenters. The predicted octanol–water partition coefficient (Wildman–Crippen LogP) is 0.371. The molecule has 1 aromatic carbocycles. The second-order valence-corrected chi connectivity index (χ2v) is 5.05. The number of benzene rings is 1. The Balaban J connectivity index is 1.87. The maximum absolute atomic E-state index is 12.0. The molecule has 0 saturated carbocycles. The van der Waals surface area contributed by atoms with Crippen LogP contribution in [-0.2, 0) is 9.59 Å². The number of hydrogen-bond donors (Lipinski definition) is 2. The molecule has 1 aliphatic heterocycles. The lowest BCUT2D eigenvalue weighted by Crippen LogP contribution is -2.38. The van der Waals surface area contributed by atoms with Crippen LogP contribution >= 0.6 is 0 Å². The number of carbonyl (C=O) groups is 2. The van der Waals surface area contributed by atoms with Gasteiger partial charge in [-0.25, -0.2) is 0 Å². The van der Waals surface area contributed by atoms with Crippen molar-refractivity contribution in [1.82, 2.24) is 9.80 Å². The summed E-state index contributed by atoms with van der Waals surface area (Å²) >= 11 is 0. The highest BCUT2D eigenvalue weighted by atomic mass is 16.2. The van der Waals surface area contributed by atoms with E-state index in [1.807, 2.05) is 4.90 Å². The molecule has 0 spiro atoms. The largest absolute Gasteiger partial charge is 0.399 e. The fraction of sp³-hybridized carbons (Fsp3) is 0.429. The number of anilines is 2. The van der Waals surface area contributed by atoms with Gasteiger partial charge in [0, 0.05) is 31.5 Å². The van der Waals surface area contributed by atoms with Crippen LogP contribution in [0.2, 0.25) is 0 Å². The van der Waals surface area contributed by atoms with Gasteiger partial charge in [-0.1, -0.05) is 0 Å². The second-order valence-electron chi connectivity index (χ2n) is 5.05. The van der Waals surface area contributed by atoms with Crippen molar-refractivity contribution < 1.29 is 9.59 Å². The fourth-order valence-electron chi connectivity index (χ4n) is 2.15. The first-order chi connectivity index (χ1) is 9.54. The molecule has 1 fully saturated rings. The zero-order valence-corrected chi connectivity index (χ0v) is 11.6. The molecule has 108 valence electrons. The van der Waals surface area contributed by atoms with E-state index in [9.17, 15) is 9.59 Å². The van der Waals surface area contributed by atoms with Crippen molar-refractivity contribution in [3.63, 3.8) is 0 Å². The van der Waals surface area contributed by atoms with Gasteiger partial charge in [0.25, 0.3) is 0 Å². The topological polar surface area (TPSA) is 78.7 Å². The molecule has 1 saturated heterocycles. The summed E-state index contributed by atoms with van der Waals surface area (Å²) in [4.78, 5) is 27.3. The zero-order valence-electron chi connectivity index (χ0n) is 11.6. The number of nitrogens with two attached hydrogens (primary N) is 1. The highest BCUT2D eigenvalue weighted by molar-refractivity contribution is 5.92. The highest BCUT2D eigenvalue weighted by Crippen LogP contribution is 2.10. The van der Waals surface area contributed by atoms with Gasteiger partial charge in [0.2, 0.25) is 11.8 Å². The molecule has 1 aliphatic rings. The maximum Gasteiger partial charge on any atom is 0.238 e. The molecule has 3 N–H and O–H groups in total. The Hall–Kier alpha value is -2.08. The number of nitrogens with zero attached hydrogens (tertiary/aromatic N) is 2. The van der Waals surface area contributed by atoms with E-state index in [1.54, 1.807) is 36.2 Å². The van der Waals surface area contributed by atoms with Crippen LogP contribution < -0.4 is 11.1 Å². The predicted molar refractivity (Wildman–Crippen MR) is 78.2 cm³/mol. The van der Waals surface area contributed by atoms with E-state index in [0.29, 0.717) is 17.9 Å². The first-order valence-electron chi connectivity index (χ1n) is 6.66. The summed E-state index contributed by atoms with van der Waals surface area (Å²) in [6.45, 7) is 2.02. The van der Waals surface area contributed by atoms with Gasteiger partial charge in [-0.2, -0.15) is 0 Å². The lowest BCUT2D eigenvalue weighted by molar-refractivity contribution is -0.130. The van der Waals surface area contributed by atoms with Crippen LogP contribution in [0.1, 0.15) is 6.42 Å². The van der Waals surface area contributed by atoms with Crippen LogP contribution in [0.4, 0.5) is 11.4 Å². The van der Waals surface area contributed by atoms with Crippen molar-refractivity contribution in [3.8, 4) is 0 Å². The number of nitrogen functional groups attached to an aromatic ring is 1. The number of likely N-dealkylation sites (N-methyl/N-ethyl adjacent to an activating group) is 1. The van der Waals surface area contributed by atoms with E-state index in [0.717, 1.165) is 19.5 Å². The van der Waals surface area contributed by atoms with Gasteiger partial charge in [0.15, 0.2) is 0 Å². The molecule has 20 heavy (non-hydrogen) atoms. The molecule has 0 radical (unpaired) electrons. The van der Waals surface area contributed by atoms with E-state index in [2.05, 4.69) is 5.32 Å². The second kappa shape index (κ2) is 6.38. The molecule has 6 nitrogen and oxygen atoms in total. The molecule has 0 bridgehead atoms. The van der Waals surface area contributed by atoms with E-state index in [4.69, 9.17) is 5.73 Å². The lowest BCUT2D eigenvalue weighted by atomic mass is 10.3. The van der Waals surface area contributed by atoms with Gasteiger partial charge in [-0.3, -0.25) is 14.5 Å². The molecule has 2 amide bonds. The van der Waals surface area contributed by atoms with E-state index >= 15 is 0 Å². The molecule has 0 aromatic heterocycles. The lowest BCUT2D eigenvalue weighted by Gasteiger charge is -2.18. The van der Waals surface area contributed by atoms with Gasteiger partial charge in [0.05, 0.1) is 13.1 Å². The number of amides is 2. The Morgan fingerprint density at radius 2 is 2.00 bits per heavy atom. The van der Waals surface area contributed by atoms with Crippen molar-refractivity contribution in [1.29, 1.82) is 0 Å². The third-order valence-corrected chi connectivity index (χ3v) is 3.31. The quantitative estimate of drug-likeness (QED) is 0.782. The van der Waals surface area contributed by atoms with Crippen LogP contribution in [0.25, 0.3) is 0 Å². The van der Waals surface area contributed by atoms with Crippen LogP contribution in [-0.4, -0.2) is 54.8 Å². The Labute approximate surface area is 118 Å². The summed E-state index contributed by atoms with van der Waals surface area (Å²) in [7, 11) is 1.79. The van der Waals surface area contributed by atoms with Gasteiger partial charge in [0.1, 0.15) is 0 Å². The summed E-state index contributed by atoms with van der Waals surface area (Å²) in [5.41, 5.74) is 6.96. The smallest absolute Gasteiger partial charge is 0.238 e. The first kappa shape index (κ1) is 14.3.